The summed E-state index contributed by atoms with van der Waals surface area (Å²) in [5.41, 5.74) is -0.450. The number of hydrogen-bond acceptors (Lipinski definition) is 9. The summed E-state index contributed by atoms with van der Waals surface area (Å²) in [5.74, 6) is -3.70. The van der Waals surface area contributed by atoms with Crippen LogP contribution >= 0.6 is 0 Å². The second-order valence-corrected chi connectivity index (χ2v) is 9.45. The molecule has 1 atom stereocenters. The normalized spacial score (nSPS) is 17.7. The number of ether oxygens (including phenoxy) is 1. The standard InChI is InChI=1S/C19H14F6N6O5S/c20-18(21,22)17-27-7-12-15(29-17)28-14(8-26-12)30-5-6-31(13(9-30)16(32)33)37(34,35)11-3-1-10(2-4-11)36-19(23,24)25/h1-4,7-8,13H,5-6,9H2,(H,32,33)/t13-/m1/s1. The van der Waals surface area contributed by atoms with E-state index in [9.17, 15) is 44.7 Å². The Balaban J connectivity index is 1.59. The van der Waals surface area contributed by atoms with Gasteiger partial charge in [0, 0.05) is 19.6 Å². The fourth-order valence-electron chi connectivity index (χ4n) is 3.51. The molecule has 1 fully saturated rings. The number of alkyl halides is 6. The highest BCUT2D eigenvalue weighted by atomic mass is 32.2. The van der Waals surface area contributed by atoms with Gasteiger partial charge in [-0.25, -0.2) is 28.4 Å². The van der Waals surface area contributed by atoms with Crippen molar-refractivity contribution in [3.8, 4) is 5.75 Å². The van der Waals surface area contributed by atoms with E-state index in [4.69, 9.17) is 0 Å². The van der Waals surface area contributed by atoms with Gasteiger partial charge in [0.2, 0.25) is 15.8 Å². The maximum absolute atomic E-state index is 13.1. The summed E-state index contributed by atoms with van der Waals surface area (Å²) in [6.07, 6.45) is -7.84. The molecule has 1 aromatic carbocycles. The number of sulfonamides is 1. The zero-order valence-electron chi connectivity index (χ0n) is 18.1. The molecule has 198 valence electrons. The van der Waals surface area contributed by atoms with Gasteiger partial charge in [0.15, 0.2) is 5.65 Å². The van der Waals surface area contributed by atoms with Gasteiger partial charge in [0.25, 0.3) is 0 Å². The number of anilines is 1. The van der Waals surface area contributed by atoms with Crippen molar-refractivity contribution in [1.29, 1.82) is 0 Å². The Morgan fingerprint density at radius 1 is 1.00 bits per heavy atom. The number of hydrogen-bond donors (Lipinski definition) is 1. The molecule has 1 aliphatic rings. The molecule has 0 amide bonds. The summed E-state index contributed by atoms with van der Waals surface area (Å²) in [7, 11) is -4.47. The maximum atomic E-state index is 13.1. The molecular formula is C19H14F6N6O5S. The van der Waals surface area contributed by atoms with Crippen LogP contribution in [-0.4, -0.2) is 75.8 Å². The number of carboxylic acid groups (broad SMARTS) is 1. The highest BCUT2D eigenvalue weighted by Crippen LogP contribution is 2.29. The minimum Gasteiger partial charge on any atom is -0.480 e. The second kappa shape index (κ2) is 9.25. The Bertz CT molecular complexity index is 1430. The van der Waals surface area contributed by atoms with Gasteiger partial charge in [-0.05, 0) is 24.3 Å². The smallest absolute Gasteiger partial charge is 0.480 e. The van der Waals surface area contributed by atoms with E-state index in [2.05, 4.69) is 24.7 Å². The molecule has 18 heteroatoms. The first kappa shape index (κ1) is 26.3. The van der Waals surface area contributed by atoms with Crippen LogP contribution < -0.4 is 9.64 Å². The van der Waals surface area contributed by atoms with E-state index in [0.29, 0.717) is 4.31 Å². The van der Waals surface area contributed by atoms with Crippen molar-refractivity contribution in [3.05, 3.63) is 42.5 Å². The zero-order valence-corrected chi connectivity index (χ0v) is 18.9. The topological polar surface area (TPSA) is 139 Å². The van der Waals surface area contributed by atoms with Crippen LogP contribution in [0.5, 0.6) is 5.75 Å². The Kier molecular flexibility index (Phi) is 6.57. The van der Waals surface area contributed by atoms with Crippen molar-refractivity contribution in [3.63, 3.8) is 0 Å². The molecule has 1 aliphatic heterocycles. The number of aromatic nitrogens is 4. The van der Waals surface area contributed by atoms with Crippen LogP contribution in [0.1, 0.15) is 5.82 Å². The number of halogens is 6. The van der Waals surface area contributed by atoms with Crippen molar-refractivity contribution in [1.82, 2.24) is 24.2 Å². The summed E-state index contributed by atoms with van der Waals surface area (Å²) < 4.78 is 106. The first-order valence-electron chi connectivity index (χ1n) is 10.1. The predicted molar refractivity (Wildman–Crippen MR) is 111 cm³/mol. The molecule has 37 heavy (non-hydrogen) atoms. The molecule has 11 nitrogen and oxygen atoms in total. The van der Waals surface area contributed by atoms with Crippen LogP contribution in [0.2, 0.25) is 0 Å². The van der Waals surface area contributed by atoms with Crippen molar-refractivity contribution in [2.45, 2.75) is 23.5 Å². The van der Waals surface area contributed by atoms with E-state index in [1.165, 1.54) is 4.90 Å². The van der Waals surface area contributed by atoms with E-state index in [0.717, 1.165) is 36.7 Å². The lowest BCUT2D eigenvalue weighted by Gasteiger charge is -2.38. The monoisotopic (exact) mass is 552 g/mol. The van der Waals surface area contributed by atoms with E-state index >= 15 is 0 Å². The van der Waals surface area contributed by atoms with Crippen molar-refractivity contribution >= 4 is 33.0 Å². The van der Waals surface area contributed by atoms with Crippen molar-refractivity contribution in [2.24, 2.45) is 0 Å². The van der Waals surface area contributed by atoms with Crippen LogP contribution in [0.3, 0.4) is 0 Å². The highest BCUT2D eigenvalue weighted by Gasteiger charge is 2.41. The Hall–Kier alpha value is -3.80. The van der Waals surface area contributed by atoms with Gasteiger partial charge in [-0.2, -0.15) is 17.5 Å². The minimum atomic E-state index is -4.99. The third-order valence-electron chi connectivity index (χ3n) is 5.15. The van der Waals surface area contributed by atoms with E-state index in [1.807, 2.05) is 0 Å². The van der Waals surface area contributed by atoms with Gasteiger partial charge < -0.3 is 14.7 Å². The van der Waals surface area contributed by atoms with Gasteiger partial charge in [-0.1, -0.05) is 0 Å². The van der Waals surface area contributed by atoms with Crippen LogP contribution in [0.25, 0.3) is 11.2 Å². The van der Waals surface area contributed by atoms with E-state index in [1.54, 1.807) is 0 Å². The van der Waals surface area contributed by atoms with E-state index < -0.39 is 69.8 Å². The van der Waals surface area contributed by atoms with Gasteiger partial charge >= 0.3 is 18.5 Å². The molecule has 0 bridgehead atoms. The SMILES string of the molecule is O=C(O)[C@H]1CN(c2cnc3cnc(C(F)(F)F)nc3n2)CCN1S(=O)(=O)c1ccc(OC(F)(F)F)cc1. The molecule has 0 unspecified atom stereocenters. The quantitative estimate of drug-likeness (QED) is 0.469. The Morgan fingerprint density at radius 2 is 1.68 bits per heavy atom. The van der Waals surface area contributed by atoms with E-state index in [-0.39, 0.29) is 17.9 Å². The largest absolute Gasteiger partial charge is 0.573 e. The lowest BCUT2D eigenvalue weighted by atomic mass is 10.2. The molecule has 4 rings (SSSR count). The fourth-order valence-corrected chi connectivity index (χ4v) is 5.07. The van der Waals surface area contributed by atoms with Gasteiger partial charge in [-0.15, -0.1) is 13.2 Å². The van der Waals surface area contributed by atoms with Crippen LogP contribution in [0.15, 0.2) is 41.6 Å². The lowest BCUT2D eigenvalue weighted by molar-refractivity contribution is -0.274. The molecule has 3 aromatic rings. The molecule has 1 N–H and O–H groups in total. The molecule has 0 radical (unpaired) electrons. The Labute approximate surface area is 203 Å². The number of aliphatic carboxylic acids is 1. The fraction of sp³-hybridized carbons (Fsp3) is 0.316. The number of carbonyl (C=O) groups is 1. The number of benzene rings is 1. The maximum Gasteiger partial charge on any atom is 0.573 e. The number of piperazine rings is 1. The average Bonchev–Trinajstić information content (AvgIpc) is 2.81. The number of rotatable bonds is 5. The van der Waals surface area contributed by atoms with Crippen molar-refractivity contribution in [2.75, 3.05) is 24.5 Å². The third kappa shape index (κ3) is 5.63. The molecule has 3 heterocycles. The van der Waals surface area contributed by atoms with Crippen LogP contribution in [0, 0.1) is 0 Å². The molecule has 0 spiro atoms. The molecule has 1 saturated heterocycles. The number of carboxylic acids is 1. The molecule has 2 aromatic heterocycles. The molecular weight excluding hydrogens is 538 g/mol. The second-order valence-electron chi connectivity index (χ2n) is 7.56. The van der Waals surface area contributed by atoms with Gasteiger partial charge in [0.05, 0.1) is 17.3 Å². The summed E-state index contributed by atoms with van der Waals surface area (Å²) in [6.45, 7) is -0.978. The first-order valence-corrected chi connectivity index (χ1v) is 11.5. The minimum absolute atomic E-state index is 0.0451. The van der Waals surface area contributed by atoms with Gasteiger partial charge in [0.1, 0.15) is 23.1 Å². The summed E-state index contributed by atoms with van der Waals surface area (Å²) in [5, 5.41) is 9.69. The molecule has 0 aliphatic carbocycles. The summed E-state index contributed by atoms with van der Waals surface area (Å²) >= 11 is 0. The summed E-state index contributed by atoms with van der Waals surface area (Å²) in [4.78, 5) is 27.2. The predicted octanol–water partition coefficient (Wildman–Crippen LogP) is 2.30. The van der Waals surface area contributed by atoms with Gasteiger partial charge in [-0.3, -0.25) is 4.79 Å². The highest BCUT2D eigenvalue weighted by molar-refractivity contribution is 7.89. The number of nitrogens with zero attached hydrogens (tertiary/aromatic N) is 6. The first-order chi connectivity index (χ1) is 17.1. The average molecular weight is 552 g/mol. The zero-order chi connectivity index (χ0) is 27.2. The number of fused-ring (bicyclic) bond motifs is 1. The third-order valence-corrected chi connectivity index (χ3v) is 7.07. The lowest BCUT2D eigenvalue weighted by Crippen LogP contribution is -2.58. The van der Waals surface area contributed by atoms with Crippen LogP contribution in [-0.2, 0) is 21.0 Å². The van der Waals surface area contributed by atoms with Crippen LogP contribution in [0.4, 0.5) is 32.2 Å². The summed E-state index contributed by atoms with van der Waals surface area (Å²) in [6, 6.07) is 1.56. The Morgan fingerprint density at radius 3 is 2.27 bits per heavy atom. The van der Waals surface area contributed by atoms with Crippen molar-refractivity contribution < 1.29 is 49.4 Å². The molecule has 0 saturated carbocycles.